The fraction of sp³-hybridized carbons (Fsp3) is 0.294. The second-order valence-corrected chi connectivity index (χ2v) is 4.77. The largest absolute Gasteiger partial charge is 0.494 e. The Kier molecular flexibility index (Phi) is 4.61. The summed E-state index contributed by atoms with van der Waals surface area (Å²) in [5, 5.41) is 3.43. The topological polar surface area (TPSA) is 21.3 Å². The van der Waals surface area contributed by atoms with Crippen LogP contribution in [0.1, 0.15) is 31.0 Å². The summed E-state index contributed by atoms with van der Waals surface area (Å²) in [7, 11) is 1.47. The molecule has 20 heavy (non-hydrogen) atoms. The van der Waals surface area contributed by atoms with Crippen LogP contribution in [0.15, 0.2) is 42.5 Å². The highest BCUT2D eigenvalue weighted by Gasteiger charge is 2.10. The number of halogens is 1. The summed E-state index contributed by atoms with van der Waals surface area (Å²) in [5.74, 6) is -0.0580. The molecule has 0 bridgehead atoms. The van der Waals surface area contributed by atoms with Crippen LogP contribution in [-0.2, 0) is 6.42 Å². The van der Waals surface area contributed by atoms with Gasteiger partial charge in [0.25, 0.3) is 0 Å². The van der Waals surface area contributed by atoms with Gasteiger partial charge >= 0.3 is 0 Å². The van der Waals surface area contributed by atoms with Gasteiger partial charge in [0.1, 0.15) is 0 Å². The van der Waals surface area contributed by atoms with Crippen LogP contribution in [0.5, 0.6) is 5.75 Å². The van der Waals surface area contributed by atoms with E-state index in [0.29, 0.717) is 0 Å². The third kappa shape index (κ3) is 3.10. The van der Waals surface area contributed by atoms with Gasteiger partial charge in [-0.05, 0) is 42.7 Å². The molecule has 1 atom stereocenters. The number of para-hydroxylation sites is 1. The van der Waals surface area contributed by atoms with E-state index in [1.54, 1.807) is 6.07 Å². The fourth-order valence-electron chi connectivity index (χ4n) is 2.24. The molecule has 106 valence electrons. The lowest BCUT2D eigenvalue weighted by Gasteiger charge is -2.18. The Balaban J connectivity index is 2.19. The third-order valence-corrected chi connectivity index (χ3v) is 3.45. The zero-order chi connectivity index (χ0) is 14.5. The first-order valence-corrected chi connectivity index (χ1v) is 6.83. The van der Waals surface area contributed by atoms with Crippen molar-refractivity contribution in [3.8, 4) is 5.75 Å². The first kappa shape index (κ1) is 14.4. The number of rotatable bonds is 5. The minimum Gasteiger partial charge on any atom is -0.494 e. The number of nitrogens with one attached hydrogen (secondary N) is 1. The quantitative estimate of drug-likeness (QED) is 0.861. The van der Waals surface area contributed by atoms with Crippen molar-refractivity contribution in [3.05, 3.63) is 59.4 Å². The van der Waals surface area contributed by atoms with Crippen LogP contribution in [0, 0.1) is 5.82 Å². The fourth-order valence-corrected chi connectivity index (χ4v) is 2.24. The van der Waals surface area contributed by atoms with Gasteiger partial charge in [0.15, 0.2) is 11.6 Å². The Morgan fingerprint density at radius 3 is 2.60 bits per heavy atom. The summed E-state index contributed by atoms with van der Waals surface area (Å²) < 4.78 is 18.7. The average molecular weight is 273 g/mol. The molecule has 2 rings (SSSR count). The lowest BCUT2D eigenvalue weighted by molar-refractivity contribution is 0.386. The van der Waals surface area contributed by atoms with Gasteiger partial charge in [0.05, 0.1) is 7.11 Å². The number of hydrogen-bond donors (Lipinski definition) is 1. The first-order valence-electron chi connectivity index (χ1n) is 6.83. The summed E-state index contributed by atoms with van der Waals surface area (Å²) in [6.07, 6.45) is 0.965. The van der Waals surface area contributed by atoms with Gasteiger partial charge in [-0.1, -0.05) is 31.2 Å². The number of ether oxygens (including phenoxy) is 1. The van der Waals surface area contributed by atoms with Crippen molar-refractivity contribution in [2.24, 2.45) is 0 Å². The molecule has 0 saturated carbocycles. The molecule has 2 aromatic rings. The van der Waals surface area contributed by atoms with Gasteiger partial charge in [-0.15, -0.1) is 0 Å². The van der Waals surface area contributed by atoms with Crippen molar-refractivity contribution < 1.29 is 9.13 Å². The van der Waals surface area contributed by atoms with Gasteiger partial charge < -0.3 is 10.1 Å². The Morgan fingerprint density at radius 1 is 1.20 bits per heavy atom. The summed E-state index contributed by atoms with van der Waals surface area (Å²) in [5.41, 5.74) is 3.25. The Hall–Kier alpha value is -2.03. The second kappa shape index (κ2) is 6.42. The molecule has 0 spiro atoms. The molecular weight excluding hydrogens is 253 g/mol. The van der Waals surface area contributed by atoms with Crippen LogP contribution in [0.2, 0.25) is 0 Å². The molecule has 0 aliphatic heterocycles. The smallest absolute Gasteiger partial charge is 0.165 e. The highest BCUT2D eigenvalue weighted by Crippen LogP contribution is 2.26. The SMILES string of the molecule is CCc1ccccc1NC(C)c1ccc(OC)c(F)c1. The van der Waals surface area contributed by atoms with Crippen molar-refractivity contribution in [1.82, 2.24) is 0 Å². The zero-order valence-corrected chi connectivity index (χ0v) is 12.1. The molecule has 1 N–H and O–H groups in total. The predicted octanol–water partition coefficient (Wildman–Crippen LogP) is 4.57. The molecule has 2 nitrogen and oxygen atoms in total. The highest BCUT2D eigenvalue weighted by atomic mass is 19.1. The molecule has 0 aliphatic rings. The van der Waals surface area contributed by atoms with E-state index < -0.39 is 0 Å². The van der Waals surface area contributed by atoms with Crippen LogP contribution < -0.4 is 10.1 Å². The van der Waals surface area contributed by atoms with Gasteiger partial charge in [0, 0.05) is 11.7 Å². The summed E-state index contributed by atoms with van der Waals surface area (Å²) in [6.45, 7) is 4.14. The van der Waals surface area contributed by atoms with Crippen molar-refractivity contribution in [2.45, 2.75) is 26.3 Å². The van der Waals surface area contributed by atoms with Gasteiger partial charge in [0.2, 0.25) is 0 Å². The van der Waals surface area contributed by atoms with E-state index >= 15 is 0 Å². The van der Waals surface area contributed by atoms with E-state index in [1.165, 1.54) is 18.7 Å². The molecule has 3 heteroatoms. The Labute approximate surface area is 119 Å². The molecule has 1 unspecified atom stereocenters. The van der Waals surface area contributed by atoms with E-state index in [1.807, 2.05) is 25.1 Å². The standard InChI is InChI=1S/C17H20FNO/c1-4-13-7-5-6-8-16(13)19-12(2)14-9-10-17(20-3)15(18)11-14/h5-12,19H,4H2,1-3H3. The zero-order valence-electron chi connectivity index (χ0n) is 12.1. The number of benzene rings is 2. The minimum atomic E-state index is -0.331. The van der Waals surface area contributed by atoms with Crippen LogP contribution >= 0.6 is 0 Å². The Morgan fingerprint density at radius 2 is 1.95 bits per heavy atom. The van der Waals surface area contributed by atoms with Crippen molar-refractivity contribution in [2.75, 3.05) is 12.4 Å². The van der Waals surface area contributed by atoms with Crippen LogP contribution in [0.25, 0.3) is 0 Å². The molecule has 0 fully saturated rings. The van der Waals surface area contributed by atoms with Gasteiger partial charge in [-0.25, -0.2) is 4.39 Å². The molecule has 0 aliphatic carbocycles. The normalized spacial score (nSPS) is 12.0. The molecule has 0 heterocycles. The van der Waals surface area contributed by atoms with Gasteiger partial charge in [-0.2, -0.15) is 0 Å². The van der Waals surface area contributed by atoms with Crippen molar-refractivity contribution in [3.63, 3.8) is 0 Å². The maximum Gasteiger partial charge on any atom is 0.165 e. The van der Waals surface area contributed by atoms with Crippen LogP contribution in [0.3, 0.4) is 0 Å². The molecule has 0 radical (unpaired) electrons. The second-order valence-electron chi connectivity index (χ2n) is 4.77. The third-order valence-electron chi connectivity index (χ3n) is 3.45. The predicted molar refractivity (Wildman–Crippen MR) is 80.8 cm³/mol. The van der Waals surface area contributed by atoms with E-state index in [-0.39, 0.29) is 17.6 Å². The first-order chi connectivity index (χ1) is 9.65. The number of methoxy groups -OCH3 is 1. The van der Waals surface area contributed by atoms with Crippen molar-refractivity contribution in [1.29, 1.82) is 0 Å². The molecular formula is C17H20FNO. The molecule has 2 aromatic carbocycles. The van der Waals surface area contributed by atoms with Crippen LogP contribution in [0.4, 0.5) is 10.1 Å². The van der Waals surface area contributed by atoms with E-state index in [0.717, 1.165) is 17.7 Å². The maximum absolute atomic E-state index is 13.7. The van der Waals surface area contributed by atoms with Crippen molar-refractivity contribution >= 4 is 5.69 Å². The van der Waals surface area contributed by atoms with E-state index in [9.17, 15) is 4.39 Å². The minimum absolute atomic E-state index is 0.0307. The molecule has 0 amide bonds. The lowest BCUT2D eigenvalue weighted by atomic mass is 10.1. The molecule has 0 saturated heterocycles. The number of hydrogen-bond acceptors (Lipinski definition) is 2. The summed E-state index contributed by atoms with van der Waals surface area (Å²) >= 11 is 0. The average Bonchev–Trinajstić information content (AvgIpc) is 2.47. The van der Waals surface area contributed by atoms with Crippen LogP contribution in [-0.4, -0.2) is 7.11 Å². The lowest BCUT2D eigenvalue weighted by Crippen LogP contribution is -2.08. The van der Waals surface area contributed by atoms with Gasteiger partial charge in [-0.3, -0.25) is 0 Å². The summed E-state index contributed by atoms with van der Waals surface area (Å²) in [4.78, 5) is 0. The van der Waals surface area contributed by atoms with E-state index in [2.05, 4.69) is 24.4 Å². The Bertz CT molecular complexity index is 583. The monoisotopic (exact) mass is 273 g/mol. The highest BCUT2D eigenvalue weighted by molar-refractivity contribution is 5.52. The maximum atomic E-state index is 13.7. The number of anilines is 1. The summed E-state index contributed by atoms with van der Waals surface area (Å²) in [6, 6.07) is 13.3. The number of aryl methyl sites for hydroxylation is 1. The molecule has 0 aromatic heterocycles. The van der Waals surface area contributed by atoms with E-state index in [4.69, 9.17) is 4.74 Å².